The van der Waals surface area contributed by atoms with Crippen molar-refractivity contribution in [1.82, 2.24) is 5.32 Å². The molecule has 0 aliphatic carbocycles. The van der Waals surface area contributed by atoms with Crippen LogP contribution in [0.2, 0.25) is 0 Å². The van der Waals surface area contributed by atoms with Gasteiger partial charge < -0.3 is 5.32 Å². The van der Waals surface area contributed by atoms with E-state index < -0.39 is 0 Å². The minimum atomic E-state index is 0.0234. The molecule has 1 N–H and O–H groups in total. The summed E-state index contributed by atoms with van der Waals surface area (Å²) in [5, 5.41) is 5.08. The molecule has 2 aromatic rings. The van der Waals surface area contributed by atoms with Crippen molar-refractivity contribution in [3.05, 3.63) is 48.0 Å². The number of rotatable bonds is 4. The number of unbranched alkanes of at least 4 members (excludes halogenated alkanes) is 1. The molecule has 0 atom stereocenters. The summed E-state index contributed by atoms with van der Waals surface area (Å²) in [5.74, 6) is 0.0234. The Hall–Kier alpha value is -1.83. The van der Waals surface area contributed by atoms with E-state index in [9.17, 15) is 4.79 Å². The zero-order valence-corrected chi connectivity index (χ0v) is 10.1. The molecule has 0 heterocycles. The summed E-state index contributed by atoms with van der Waals surface area (Å²) >= 11 is 0. The van der Waals surface area contributed by atoms with E-state index in [-0.39, 0.29) is 5.91 Å². The van der Waals surface area contributed by atoms with Crippen LogP contribution in [0, 0.1) is 0 Å². The highest BCUT2D eigenvalue weighted by Gasteiger charge is 2.08. The topological polar surface area (TPSA) is 29.1 Å². The third-order valence-electron chi connectivity index (χ3n) is 2.85. The summed E-state index contributed by atoms with van der Waals surface area (Å²) in [6.45, 7) is 2.86. The Kier molecular flexibility index (Phi) is 3.76. The van der Waals surface area contributed by atoms with E-state index >= 15 is 0 Å². The third-order valence-corrected chi connectivity index (χ3v) is 2.85. The van der Waals surface area contributed by atoms with E-state index in [1.165, 1.54) is 0 Å². The van der Waals surface area contributed by atoms with Gasteiger partial charge in [-0.1, -0.05) is 49.7 Å². The standard InChI is InChI=1S/C15H17NO/c1-2-3-11-16-15(17)14-10-6-8-12-7-4-5-9-13(12)14/h4-10H,2-3,11H2,1H3,(H,16,17). The molecule has 0 saturated heterocycles. The van der Waals surface area contributed by atoms with Gasteiger partial charge in [0, 0.05) is 12.1 Å². The lowest BCUT2D eigenvalue weighted by atomic mass is 10.0. The Balaban J connectivity index is 2.26. The van der Waals surface area contributed by atoms with Gasteiger partial charge in [-0.25, -0.2) is 0 Å². The van der Waals surface area contributed by atoms with Gasteiger partial charge in [0.05, 0.1) is 0 Å². The quantitative estimate of drug-likeness (QED) is 0.797. The SMILES string of the molecule is CCCCNC(=O)c1cccc2ccccc12. The Morgan fingerprint density at radius 3 is 2.71 bits per heavy atom. The Bertz CT molecular complexity index is 514. The van der Waals surface area contributed by atoms with Crippen LogP contribution in [0.4, 0.5) is 0 Å². The van der Waals surface area contributed by atoms with Crippen LogP contribution in [0.3, 0.4) is 0 Å². The predicted octanol–water partition coefficient (Wildman–Crippen LogP) is 3.37. The maximum absolute atomic E-state index is 12.0. The van der Waals surface area contributed by atoms with Crippen molar-refractivity contribution in [3.63, 3.8) is 0 Å². The highest BCUT2D eigenvalue weighted by atomic mass is 16.1. The normalized spacial score (nSPS) is 10.4. The van der Waals surface area contributed by atoms with Gasteiger partial charge >= 0.3 is 0 Å². The largest absolute Gasteiger partial charge is 0.352 e. The van der Waals surface area contributed by atoms with Crippen LogP contribution in [0.1, 0.15) is 30.1 Å². The van der Waals surface area contributed by atoms with Gasteiger partial charge in [0.1, 0.15) is 0 Å². The lowest BCUT2D eigenvalue weighted by Gasteiger charge is -2.07. The first-order valence-electron chi connectivity index (χ1n) is 6.09. The summed E-state index contributed by atoms with van der Waals surface area (Å²) in [6, 6.07) is 13.8. The third kappa shape index (κ3) is 2.64. The van der Waals surface area contributed by atoms with Crippen LogP contribution >= 0.6 is 0 Å². The van der Waals surface area contributed by atoms with Crippen molar-refractivity contribution in [2.75, 3.05) is 6.54 Å². The highest BCUT2D eigenvalue weighted by Crippen LogP contribution is 2.18. The molecule has 0 aliphatic heterocycles. The summed E-state index contributed by atoms with van der Waals surface area (Å²) < 4.78 is 0. The first kappa shape index (κ1) is 11.6. The van der Waals surface area contributed by atoms with Crippen molar-refractivity contribution >= 4 is 16.7 Å². The lowest BCUT2D eigenvalue weighted by molar-refractivity contribution is 0.0955. The second kappa shape index (κ2) is 5.48. The molecule has 0 unspecified atom stereocenters. The maximum atomic E-state index is 12.0. The van der Waals surface area contributed by atoms with Gasteiger partial charge in [-0.3, -0.25) is 4.79 Å². The molecule has 2 heteroatoms. The Labute approximate surface area is 102 Å². The Morgan fingerprint density at radius 1 is 1.12 bits per heavy atom. The molecule has 2 aromatic carbocycles. The lowest BCUT2D eigenvalue weighted by Crippen LogP contribution is -2.24. The highest BCUT2D eigenvalue weighted by molar-refractivity contribution is 6.06. The fourth-order valence-corrected chi connectivity index (χ4v) is 1.90. The fourth-order valence-electron chi connectivity index (χ4n) is 1.90. The van der Waals surface area contributed by atoms with Gasteiger partial charge in [-0.15, -0.1) is 0 Å². The van der Waals surface area contributed by atoms with Gasteiger partial charge in [0.15, 0.2) is 0 Å². The van der Waals surface area contributed by atoms with Crippen LogP contribution in [0.25, 0.3) is 10.8 Å². The maximum Gasteiger partial charge on any atom is 0.251 e. The molecular weight excluding hydrogens is 210 g/mol. The smallest absolute Gasteiger partial charge is 0.251 e. The van der Waals surface area contributed by atoms with Crippen LogP contribution in [-0.2, 0) is 0 Å². The second-order valence-corrected chi connectivity index (χ2v) is 4.14. The van der Waals surface area contributed by atoms with Crippen molar-refractivity contribution in [3.8, 4) is 0 Å². The number of hydrogen-bond acceptors (Lipinski definition) is 1. The molecule has 0 bridgehead atoms. The molecule has 0 radical (unpaired) electrons. The van der Waals surface area contributed by atoms with Crippen LogP contribution in [0.5, 0.6) is 0 Å². The minimum absolute atomic E-state index is 0.0234. The van der Waals surface area contributed by atoms with Gasteiger partial charge in [-0.2, -0.15) is 0 Å². The molecule has 0 aromatic heterocycles. The van der Waals surface area contributed by atoms with Gasteiger partial charge in [0.25, 0.3) is 5.91 Å². The number of benzene rings is 2. The summed E-state index contributed by atoms with van der Waals surface area (Å²) in [6.07, 6.45) is 2.12. The molecule has 88 valence electrons. The number of carbonyl (C=O) groups is 1. The first-order valence-corrected chi connectivity index (χ1v) is 6.09. The summed E-state index contributed by atoms with van der Waals surface area (Å²) in [7, 11) is 0. The average Bonchev–Trinajstić information content (AvgIpc) is 2.38. The summed E-state index contributed by atoms with van der Waals surface area (Å²) in [5.41, 5.74) is 0.763. The van der Waals surface area contributed by atoms with E-state index in [0.717, 1.165) is 35.7 Å². The van der Waals surface area contributed by atoms with E-state index in [0.29, 0.717) is 0 Å². The molecule has 0 saturated carbocycles. The van der Waals surface area contributed by atoms with Crippen molar-refractivity contribution in [2.24, 2.45) is 0 Å². The molecule has 2 rings (SSSR count). The van der Waals surface area contributed by atoms with E-state index in [2.05, 4.69) is 12.2 Å². The van der Waals surface area contributed by atoms with Crippen molar-refractivity contribution in [1.29, 1.82) is 0 Å². The molecule has 2 nitrogen and oxygen atoms in total. The molecule has 1 amide bonds. The second-order valence-electron chi connectivity index (χ2n) is 4.14. The fraction of sp³-hybridized carbons (Fsp3) is 0.267. The minimum Gasteiger partial charge on any atom is -0.352 e. The van der Waals surface area contributed by atoms with E-state index in [4.69, 9.17) is 0 Å². The predicted molar refractivity (Wildman–Crippen MR) is 71.2 cm³/mol. The number of amides is 1. The molecule has 0 aliphatic rings. The van der Waals surface area contributed by atoms with Crippen LogP contribution < -0.4 is 5.32 Å². The van der Waals surface area contributed by atoms with Crippen molar-refractivity contribution < 1.29 is 4.79 Å². The molecule has 0 fully saturated rings. The van der Waals surface area contributed by atoms with Gasteiger partial charge in [-0.05, 0) is 23.3 Å². The van der Waals surface area contributed by atoms with Crippen molar-refractivity contribution in [2.45, 2.75) is 19.8 Å². The molecular formula is C15H17NO. The van der Waals surface area contributed by atoms with Crippen LogP contribution in [-0.4, -0.2) is 12.5 Å². The number of nitrogens with one attached hydrogen (secondary N) is 1. The zero-order chi connectivity index (χ0) is 12.1. The zero-order valence-electron chi connectivity index (χ0n) is 10.1. The summed E-state index contributed by atoms with van der Waals surface area (Å²) in [4.78, 5) is 12.0. The number of hydrogen-bond donors (Lipinski definition) is 1. The van der Waals surface area contributed by atoms with Gasteiger partial charge in [0.2, 0.25) is 0 Å². The monoisotopic (exact) mass is 227 g/mol. The van der Waals surface area contributed by atoms with E-state index in [1.54, 1.807) is 0 Å². The number of fused-ring (bicyclic) bond motifs is 1. The van der Waals surface area contributed by atoms with Crippen LogP contribution in [0.15, 0.2) is 42.5 Å². The number of carbonyl (C=O) groups excluding carboxylic acids is 1. The molecule has 0 spiro atoms. The Morgan fingerprint density at radius 2 is 1.88 bits per heavy atom. The average molecular weight is 227 g/mol. The molecule has 17 heavy (non-hydrogen) atoms. The first-order chi connectivity index (χ1) is 8.33. The van der Waals surface area contributed by atoms with E-state index in [1.807, 2.05) is 42.5 Å².